The Morgan fingerprint density at radius 1 is 1.09 bits per heavy atom. The van der Waals surface area contributed by atoms with E-state index in [9.17, 15) is 4.79 Å². The van der Waals surface area contributed by atoms with Gasteiger partial charge in [-0.1, -0.05) is 24.3 Å². The highest BCUT2D eigenvalue weighted by molar-refractivity contribution is 6.01. The van der Waals surface area contributed by atoms with Gasteiger partial charge in [-0.3, -0.25) is 4.79 Å². The molecule has 0 radical (unpaired) electrons. The molecule has 1 aromatic heterocycles. The molecule has 4 rings (SSSR count). The zero-order valence-electron chi connectivity index (χ0n) is 12.5. The first-order chi connectivity index (χ1) is 11.2. The molecule has 0 spiro atoms. The van der Waals surface area contributed by atoms with E-state index in [0.29, 0.717) is 5.56 Å². The van der Waals surface area contributed by atoms with Crippen molar-refractivity contribution in [2.24, 2.45) is 0 Å². The van der Waals surface area contributed by atoms with Crippen LogP contribution in [0.15, 0.2) is 61.2 Å². The number of benzene rings is 2. The molecule has 114 valence electrons. The topological polar surface area (TPSA) is 63.1 Å². The summed E-state index contributed by atoms with van der Waals surface area (Å²) in [6.45, 7) is 0. The average Bonchev–Trinajstić information content (AvgIpc) is 3.13. The van der Waals surface area contributed by atoms with E-state index in [4.69, 9.17) is 0 Å². The van der Waals surface area contributed by atoms with Crippen molar-refractivity contribution < 1.29 is 4.79 Å². The molecule has 0 saturated carbocycles. The molecule has 0 aliphatic carbocycles. The maximum atomic E-state index is 12.5. The second kappa shape index (κ2) is 5.24. The van der Waals surface area contributed by atoms with Gasteiger partial charge in [-0.05, 0) is 29.8 Å². The van der Waals surface area contributed by atoms with Gasteiger partial charge in [-0.15, -0.1) is 0 Å². The smallest absolute Gasteiger partial charge is 0.257 e. The van der Waals surface area contributed by atoms with Crippen molar-refractivity contribution in [1.82, 2.24) is 19.7 Å². The largest absolute Gasteiger partial charge is 0.361 e. The monoisotopic (exact) mass is 305 g/mol. The fourth-order valence-electron chi connectivity index (χ4n) is 2.80. The summed E-state index contributed by atoms with van der Waals surface area (Å²) < 4.78 is 1.70. The molecule has 1 atom stereocenters. The Balaban J connectivity index is 1.67. The summed E-state index contributed by atoms with van der Waals surface area (Å²) in [5.41, 5.74) is 3.50. The van der Waals surface area contributed by atoms with E-state index in [1.807, 2.05) is 48.5 Å². The van der Waals surface area contributed by atoms with Crippen LogP contribution in [-0.4, -0.2) is 32.6 Å². The van der Waals surface area contributed by atoms with Gasteiger partial charge in [0.05, 0.1) is 11.3 Å². The Hall–Kier alpha value is -3.15. The van der Waals surface area contributed by atoms with Gasteiger partial charge in [0.25, 0.3) is 5.91 Å². The molecular weight excluding hydrogens is 290 g/mol. The van der Waals surface area contributed by atoms with Crippen LogP contribution < -0.4 is 5.32 Å². The van der Waals surface area contributed by atoms with Crippen LogP contribution in [0.2, 0.25) is 0 Å². The zero-order chi connectivity index (χ0) is 15.8. The molecule has 1 amide bonds. The van der Waals surface area contributed by atoms with E-state index in [0.717, 1.165) is 16.9 Å². The third-order valence-corrected chi connectivity index (χ3v) is 4.05. The number of carbonyl (C=O) groups is 1. The van der Waals surface area contributed by atoms with E-state index in [2.05, 4.69) is 15.4 Å². The SMILES string of the molecule is CN1C(=O)c2ccccc2NC1c1ccc(-n2cncn2)cc1. The summed E-state index contributed by atoms with van der Waals surface area (Å²) >= 11 is 0. The molecule has 6 heteroatoms. The minimum atomic E-state index is -0.192. The molecule has 1 N–H and O–H groups in total. The van der Waals surface area contributed by atoms with Crippen molar-refractivity contribution in [3.05, 3.63) is 72.3 Å². The maximum absolute atomic E-state index is 12.5. The molecule has 1 unspecified atom stereocenters. The number of carbonyl (C=O) groups excluding carboxylic acids is 1. The average molecular weight is 305 g/mol. The van der Waals surface area contributed by atoms with Crippen LogP contribution in [0.3, 0.4) is 0 Å². The molecule has 1 aliphatic heterocycles. The van der Waals surface area contributed by atoms with E-state index in [1.54, 1.807) is 23.0 Å². The molecule has 2 heterocycles. The molecule has 23 heavy (non-hydrogen) atoms. The quantitative estimate of drug-likeness (QED) is 0.790. The first kappa shape index (κ1) is 13.5. The van der Waals surface area contributed by atoms with Crippen molar-refractivity contribution >= 4 is 11.6 Å². The van der Waals surface area contributed by atoms with Crippen LogP contribution in [-0.2, 0) is 0 Å². The van der Waals surface area contributed by atoms with Gasteiger partial charge in [0.2, 0.25) is 0 Å². The van der Waals surface area contributed by atoms with Gasteiger partial charge >= 0.3 is 0 Å². The first-order valence-electron chi connectivity index (χ1n) is 7.32. The predicted molar refractivity (Wildman–Crippen MR) is 86.3 cm³/mol. The zero-order valence-corrected chi connectivity index (χ0v) is 12.5. The number of nitrogens with zero attached hydrogens (tertiary/aromatic N) is 4. The Labute approximate surface area is 133 Å². The summed E-state index contributed by atoms with van der Waals surface area (Å²) in [6.07, 6.45) is 2.96. The van der Waals surface area contributed by atoms with Crippen LogP contribution in [0.1, 0.15) is 22.1 Å². The number of hydrogen-bond donors (Lipinski definition) is 1. The summed E-state index contributed by atoms with van der Waals surface area (Å²) in [5, 5.41) is 7.53. The number of fused-ring (bicyclic) bond motifs is 1. The highest BCUT2D eigenvalue weighted by atomic mass is 16.2. The second-order valence-electron chi connectivity index (χ2n) is 5.44. The molecule has 0 fully saturated rings. The lowest BCUT2D eigenvalue weighted by Gasteiger charge is -2.35. The molecule has 2 aromatic carbocycles. The minimum absolute atomic E-state index is 0.0182. The Morgan fingerprint density at radius 2 is 1.87 bits per heavy atom. The molecule has 6 nitrogen and oxygen atoms in total. The number of amides is 1. The highest BCUT2D eigenvalue weighted by Crippen LogP contribution is 2.31. The van der Waals surface area contributed by atoms with Crippen molar-refractivity contribution in [3.8, 4) is 5.69 Å². The molecule has 3 aromatic rings. The Bertz CT molecular complexity index is 842. The van der Waals surface area contributed by atoms with Crippen LogP contribution in [0, 0.1) is 0 Å². The van der Waals surface area contributed by atoms with Gasteiger partial charge in [0.1, 0.15) is 18.8 Å². The van der Waals surface area contributed by atoms with Gasteiger partial charge in [0, 0.05) is 12.7 Å². The number of anilines is 1. The predicted octanol–water partition coefficient (Wildman–Crippen LogP) is 2.46. The first-order valence-corrected chi connectivity index (χ1v) is 7.32. The highest BCUT2D eigenvalue weighted by Gasteiger charge is 2.29. The third kappa shape index (κ3) is 2.24. The summed E-state index contributed by atoms with van der Waals surface area (Å²) in [4.78, 5) is 18.2. The summed E-state index contributed by atoms with van der Waals surface area (Å²) in [5.74, 6) is 0.0182. The molecule has 1 aliphatic rings. The minimum Gasteiger partial charge on any atom is -0.361 e. The van der Waals surface area contributed by atoms with Crippen LogP contribution in [0.4, 0.5) is 5.69 Å². The van der Waals surface area contributed by atoms with Gasteiger partial charge in [-0.25, -0.2) is 9.67 Å². The van der Waals surface area contributed by atoms with Crippen molar-refractivity contribution in [2.75, 3.05) is 12.4 Å². The van der Waals surface area contributed by atoms with Gasteiger partial charge < -0.3 is 10.2 Å². The molecule has 0 saturated heterocycles. The fourth-order valence-corrected chi connectivity index (χ4v) is 2.80. The van der Waals surface area contributed by atoms with Crippen LogP contribution in [0.5, 0.6) is 0 Å². The lowest BCUT2D eigenvalue weighted by atomic mass is 10.0. The van der Waals surface area contributed by atoms with Crippen molar-refractivity contribution in [1.29, 1.82) is 0 Å². The van der Waals surface area contributed by atoms with Crippen molar-refractivity contribution in [3.63, 3.8) is 0 Å². The fraction of sp³-hybridized carbons (Fsp3) is 0.118. The number of nitrogens with one attached hydrogen (secondary N) is 1. The summed E-state index contributed by atoms with van der Waals surface area (Å²) in [7, 11) is 1.81. The Morgan fingerprint density at radius 3 is 2.61 bits per heavy atom. The number of aromatic nitrogens is 3. The van der Waals surface area contributed by atoms with Crippen molar-refractivity contribution in [2.45, 2.75) is 6.17 Å². The van der Waals surface area contributed by atoms with Gasteiger partial charge in [0.15, 0.2) is 0 Å². The second-order valence-corrected chi connectivity index (χ2v) is 5.44. The van der Waals surface area contributed by atoms with E-state index in [1.165, 1.54) is 6.33 Å². The number of para-hydroxylation sites is 1. The van der Waals surface area contributed by atoms with E-state index >= 15 is 0 Å². The molecule has 0 bridgehead atoms. The van der Waals surface area contributed by atoms with Crippen LogP contribution in [0.25, 0.3) is 5.69 Å². The van der Waals surface area contributed by atoms with Gasteiger partial charge in [-0.2, -0.15) is 5.10 Å². The standard InChI is InChI=1S/C17H15N5O/c1-21-16(20-15-5-3-2-4-14(15)17(21)23)12-6-8-13(9-7-12)22-11-18-10-19-22/h2-11,16,20H,1H3. The lowest BCUT2D eigenvalue weighted by molar-refractivity contribution is 0.0735. The maximum Gasteiger partial charge on any atom is 0.257 e. The number of hydrogen-bond acceptors (Lipinski definition) is 4. The molecular formula is C17H15N5O. The third-order valence-electron chi connectivity index (χ3n) is 4.05. The number of rotatable bonds is 2. The lowest BCUT2D eigenvalue weighted by Crippen LogP contribution is -2.40. The normalized spacial score (nSPS) is 16.8. The summed E-state index contributed by atoms with van der Waals surface area (Å²) in [6, 6.07) is 15.5. The van der Waals surface area contributed by atoms with Crippen LogP contribution >= 0.6 is 0 Å². The Kier molecular flexibility index (Phi) is 3.08. The van der Waals surface area contributed by atoms with E-state index < -0.39 is 0 Å². The van der Waals surface area contributed by atoms with E-state index in [-0.39, 0.29) is 12.1 Å².